The van der Waals surface area contributed by atoms with Crippen molar-refractivity contribution >= 4 is 39.8 Å². The SMILES string of the molecule is CC(=O)OCC1OC(OCCCCc2ccc(Br)cc2)C(OC(C)=O)C(OC(C)=O)C1OC(C)=O. The summed E-state index contributed by atoms with van der Waals surface area (Å²) in [6, 6.07) is 8.02. The van der Waals surface area contributed by atoms with Crippen LogP contribution in [0.4, 0.5) is 0 Å². The summed E-state index contributed by atoms with van der Waals surface area (Å²) >= 11 is 3.41. The Morgan fingerprint density at radius 1 is 0.800 bits per heavy atom. The van der Waals surface area contributed by atoms with Crippen LogP contribution in [0.2, 0.25) is 0 Å². The van der Waals surface area contributed by atoms with Crippen LogP contribution in [0.1, 0.15) is 46.1 Å². The summed E-state index contributed by atoms with van der Waals surface area (Å²) in [5.41, 5.74) is 1.18. The molecule has 1 aliphatic heterocycles. The molecule has 1 fully saturated rings. The molecule has 1 aliphatic rings. The number of halogens is 1. The molecule has 0 aromatic heterocycles. The molecule has 35 heavy (non-hydrogen) atoms. The Balaban J connectivity index is 2.13. The van der Waals surface area contributed by atoms with Gasteiger partial charge in [-0.05, 0) is 37.0 Å². The van der Waals surface area contributed by atoms with Gasteiger partial charge in [0.1, 0.15) is 12.7 Å². The molecule has 5 unspecified atom stereocenters. The van der Waals surface area contributed by atoms with Crippen LogP contribution in [-0.2, 0) is 54.0 Å². The van der Waals surface area contributed by atoms with E-state index >= 15 is 0 Å². The summed E-state index contributed by atoms with van der Waals surface area (Å²) < 4.78 is 33.9. The number of esters is 4. The fourth-order valence-corrected chi connectivity index (χ4v) is 3.87. The smallest absolute Gasteiger partial charge is 0.303 e. The Labute approximate surface area is 212 Å². The van der Waals surface area contributed by atoms with Crippen LogP contribution in [0.5, 0.6) is 0 Å². The van der Waals surface area contributed by atoms with E-state index in [1.807, 2.05) is 24.3 Å². The van der Waals surface area contributed by atoms with Gasteiger partial charge in [0, 0.05) is 38.8 Å². The molecule has 0 saturated carbocycles. The Bertz CT molecular complexity index is 872. The van der Waals surface area contributed by atoms with Crippen LogP contribution in [0.15, 0.2) is 28.7 Å². The monoisotopic (exact) mass is 558 g/mol. The van der Waals surface area contributed by atoms with Crippen molar-refractivity contribution in [2.75, 3.05) is 13.2 Å². The Kier molecular flexibility index (Phi) is 11.6. The highest BCUT2D eigenvalue weighted by Crippen LogP contribution is 2.30. The average Bonchev–Trinajstić information content (AvgIpc) is 2.76. The fourth-order valence-electron chi connectivity index (χ4n) is 3.60. The minimum Gasteiger partial charge on any atom is -0.463 e. The normalized spacial score (nSPS) is 23.7. The average molecular weight is 559 g/mol. The predicted octanol–water partition coefficient (Wildman–Crippen LogP) is 2.87. The van der Waals surface area contributed by atoms with Gasteiger partial charge in [-0.1, -0.05) is 28.1 Å². The lowest BCUT2D eigenvalue weighted by molar-refractivity contribution is -0.308. The number of hydrogen-bond donors (Lipinski definition) is 0. The molecular weight excluding hydrogens is 528 g/mol. The topological polar surface area (TPSA) is 124 Å². The van der Waals surface area contributed by atoms with Crippen molar-refractivity contribution in [3.8, 4) is 0 Å². The van der Waals surface area contributed by atoms with Gasteiger partial charge < -0.3 is 28.4 Å². The molecule has 0 bridgehead atoms. The third-order valence-electron chi connectivity index (χ3n) is 5.00. The van der Waals surface area contributed by atoms with Gasteiger partial charge in [-0.2, -0.15) is 0 Å². The summed E-state index contributed by atoms with van der Waals surface area (Å²) in [6.45, 7) is 4.71. The first-order valence-corrected chi connectivity index (χ1v) is 12.0. The van der Waals surface area contributed by atoms with Crippen LogP contribution in [0, 0.1) is 0 Å². The number of ether oxygens (including phenoxy) is 6. The second-order valence-electron chi connectivity index (χ2n) is 8.02. The van der Waals surface area contributed by atoms with E-state index in [1.165, 1.54) is 33.3 Å². The lowest BCUT2D eigenvalue weighted by Crippen LogP contribution is -2.63. The Hall–Kier alpha value is -2.50. The predicted molar refractivity (Wildman–Crippen MR) is 125 cm³/mol. The maximum atomic E-state index is 11.8. The van der Waals surface area contributed by atoms with Crippen molar-refractivity contribution in [1.82, 2.24) is 0 Å². The lowest BCUT2D eigenvalue weighted by atomic mass is 9.98. The van der Waals surface area contributed by atoms with E-state index in [4.69, 9.17) is 28.4 Å². The van der Waals surface area contributed by atoms with Crippen molar-refractivity contribution in [2.45, 2.75) is 77.7 Å². The highest BCUT2D eigenvalue weighted by molar-refractivity contribution is 9.10. The molecule has 0 aliphatic carbocycles. The van der Waals surface area contributed by atoms with Gasteiger partial charge in [-0.15, -0.1) is 0 Å². The highest BCUT2D eigenvalue weighted by atomic mass is 79.9. The van der Waals surface area contributed by atoms with Crippen LogP contribution in [0.25, 0.3) is 0 Å². The summed E-state index contributed by atoms with van der Waals surface area (Å²) in [6.07, 6.45) is -3.47. The number of hydrogen-bond acceptors (Lipinski definition) is 10. The Morgan fingerprint density at radius 3 is 1.94 bits per heavy atom. The molecule has 5 atom stereocenters. The molecule has 10 nitrogen and oxygen atoms in total. The van der Waals surface area contributed by atoms with Crippen molar-refractivity contribution in [2.24, 2.45) is 0 Å². The number of unbranched alkanes of at least 4 members (excludes halogenated alkanes) is 1. The van der Waals surface area contributed by atoms with Crippen molar-refractivity contribution in [3.63, 3.8) is 0 Å². The molecule has 2 rings (SSSR count). The number of carbonyl (C=O) groups excluding carboxylic acids is 4. The summed E-state index contributed by atoms with van der Waals surface area (Å²) in [7, 11) is 0. The molecule has 0 radical (unpaired) electrons. The van der Waals surface area contributed by atoms with Gasteiger partial charge in [0.2, 0.25) is 0 Å². The molecule has 0 N–H and O–H groups in total. The first-order valence-electron chi connectivity index (χ1n) is 11.2. The van der Waals surface area contributed by atoms with Gasteiger partial charge >= 0.3 is 23.9 Å². The summed E-state index contributed by atoms with van der Waals surface area (Å²) in [5, 5.41) is 0. The molecule has 1 aromatic carbocycles. The molecule has 1 aromatic rings. The summed E-state index contributed by atoms with van der Waals surface area (Å²) in [4.78, 5) is 46.8. The maximum Gasteiger partial charge on any atom is 0.303 e. The second-order valence-corrected chi connectivity index (χ2v) is 8.94. The largest absolute Gasteiger partial charge is 0.463 e. The Morgan fingerprint density at radius 2 is 1.37 bits per heavy atom. The van der Waals surface area contributed by atoms with Crippen LogP contribution in [-0.4, -0.2) is 67.8 Å². The van der Waals surface area contributed by atoms with Crippen molar-refractivity contribution < 1.29 is 47.6 Å². The highest BCUT2D eigenvalue weighted by Gasteiger charge is 2.52. The first-order chi connectivity index (χ1) is 16.6. The number of benzene rings is 1. The minimum absolute atomic E-state index is 0.254. The number of aryl methyl sites for hydroxylation is 1. The van der Waals surface area contributed by atoms with Gasteiger partial charge in [0.15, 0.2) is 24.6 Å². The molecule has 11 heteroatoms. The second kappa shape index (κ2) is 14.2. The zero-order chi connectivity index (χ0) is 26.0. The maximum absolute atomic E-state index is 11.8. The molecule has 194 valence electrons. The standard InChI is InChI=1S/C24H31BrO10/c1-14(26)31-13-20-21(32-15(2)27)22(33-16(3)28)23(34-17(4)29)24(35-20)30-12-6-5-7-18-8-10-19(25)11-9-18/h8-11,20-24H,5-7,12-13H2,1-4H3. The molecule has 0 spiro atoms. The van der Waals surface area contributed by atoms with E-state index in [9.17, 15) is 19.2 Å². The number of rotatable bonds is 11. The molecule has 1 saturated heterocycles. The van der Waals surface area contributed by atoms with Crippen molar-refractivity contribution in [3.05, 3.63) is 34.3 Å². The van der Waals surface area contributed by atoms with Crippen LogP contribution in [0.3, 0.4) is 0 Å². The zero-order valence-electron chi connectivity index (χ0n) is 20.2. The molecule has 1 heterocycles. The third kappa shape index (κ3) is 9.95. The zero-order valence-corrected chi connectivity index (χ0v) is 21.8. The minimum atomic E-state index is -1.23. The van der Waals surface area contributed by atoms with E-state index in [-0.39, 0.29) is 13.2 Å². The number of carbonyl (C=O) groups is 4. The first kappa shape index (κ1) is 28.7. The van der Waals surface area contributed by atoms with Crippen molar-refractivity contribution in [1.29, 1.82) is 0 Å². The fraction of sp³-hybridized carbons (Fsp3) is 0.583. The van der Waals surface area contributed by atoms with Gasteiger partial charge in [-0.25, -0.2) is 0 Å². The third-order valence-corrected chi connectivity index (χ3v) is 5.53. The van der Waals surface area contributed by atoms with E-state index in [1.54, 1.807) is 0 Å². The molecular formula is C24H31BrO10. The lowest BCUT2D eigenvalue weighted by Gasteiger charge is -2.44. The van der Waals surface area contributed by atoms with E-state index in [0.717, 1.165) is 17.3 Å². The van der Waals surface area contributed by atoms with Gasteiger partial charge in [-0.3, -0.25) is 19.2 Å². The summed E-state index contributed by atoms with van der Waals surface area (Å²) in [5.74, 6) is -2.62. The van der Waals surface area contributed by atoms with E-state index in [2.05, 4.69) is 15.9 Å². The van der Waals surface area contributed by atoms with Gasteiger partial charge in [0.25, 0.3) is 0 Å². The van der Waals surface area contributed by atoms with Gasteiger partial charge in [0.05, 0.1) is 0 Å². The quantitative estimate of drug-likeness (QED) is 0.227. The molecule has 0 amide bonds. The van der Waals surface area contributed by atoms with E-state index in [0.29, 0.717) is 6.42 Å². The van der Waals surface area contributed by atoms with Crippen LogP contribution >= 0.6 is 15.9 Å². The van der Waals surface area contributed by atoms with E-state index < -0.39 is 54.6 Å². The van der Waals surface area contributed by atoms with Crippen LogP contribution < -0.4 is 0 Å².